The lowest BCUT2D eigenvalue weighted by Crippen LogP contribution is -2.44. The average molecular weight is 225 g/mol. The number of aliphatic hydroxyl groups excluding tert-OH is 1. The molecule has 0 saturated heterocycles. The van der Waals surface area contributed by atoms with Crippen LogP contribution in [0.2, 0.25) is 5.02 Å². The molecule has 2 rings (SSSR count). The fraction of sp³-hybridized carbons (Fsp3) is 0.417. The summed E-state index contributed by atoms with van der Waals surface area (Å²) in [6, 6.07) is 7.35. The normalized spacial score (nSPS) is 18.3. The van der Waals surface area contributed by atoms with Crippen LogP contribution in [0.4, 0.5) is 0 Å². The molecule has 1 aliphatic carbocycles. The van der Waals surface area contributed by atoms with Gasteiger partial charge in [0.05, 0.1) is 5.41 Å². The number of carbonyl (C=O) groups is 1. The van der Waals surface area contributed by atoms with E-state index in [-0.39, 0.29) is 12.4 Å². The first-order chi connectivity index (χ1) is 7.19. The highest BCUT2D eigenvalue weighted by atomic mass is 35.5. The lowest BCUT2D eigenvalue weighted by Gasteiger charge is -2.40. The molecule has 1 aliphatic rings. The van der Waals surface area contributed by atoms with Crippen molar-refractivity contribution in [1.29, 1.82) is 0 Å². The highest BCUT2D eigenvalue weighted by Gasteiger charge is 2.44. The van der Waals surface area contributed by atoms with Crippen LogP contribution in [0.5, 0.6) is 0 Å². The molecule has 3 heteroatoms. The van der Waals surface area contributed by atoms with Gasteiger partial charge in [-0.2, -0.15) is 0 Å². The van der Waals surface area contributed by atoms with E-state index in [4.69, 9.17) is 16.7 Å². The first-order valence-corrected chi connectivity index (χ1v) is 5.47. The van der Waals surface area contributed by atoms with Gasteiger partial charge in [-0.1, -0.05) is 30.2 Å². The van der Waals surface area contributed by atoms with Gasteiger partial charge in [0.1, 0.15) is 6.61 Å². The lowest BCUT2D eigenvalue weighted by atomic mass is 9.62. The van der Waals surface area contributed by atoms with Crippen LogP contribution in [0.25, 0.3) is 0 Å². The van der Waals surface area contributed by atoms with Crippen LogP contribution in [0.1, 0.15) is 24.8 Å². The van der Waals surface area contributed by atoms with Crippen LogP contribution in [-0.2, 0) is 10.2 Å². The summed E-state index contributed by atoms with van der Waals surface area (Å²) < 4.78 is 0. The SMILES string of the molecule is O=C(CO)C1(c2ccc(Cl)cc2)CCC1. The molecule has 0 unspecified atom stereocenters. The zero-order chi connectivity index (χ0) is 10.9. The predicted molar refractivity (Wildman–Crippen MR) is 59.1 cm³/mol. The minimum atomic E-state index is -0.431. The summed E-state index contributed by atoms with van der Waals surface area (Å²) in [6.45, 7) is -0.372. The topological polar surface area (TPSA) is 37.3 Å². The van der Waals surface area contributed by atoms with Crippen LogP contribution < -0.4 is 0 Å². The standard InChI is InChI=1S/C12H13ClO2/c13-10-4-2-9(3-5-10)12(6-1-7-12)11(15)8-14/h2-5,14H,1,6-8H2. The number of hydrogen-bond donors (Lipinski definition) is 1. The molecule has 1 N–H and O–H groups in total. The fourth-order valence-electron chi connectivity index (χ4n) is 2.18. The quantitative estimate of drug-likeness (QED) is 0.856. The summed E-state index contributed by atoms with van der Waals surface area (Å²) >= 11 is 5.80. The Morgan fingerprint density at radius 2 is 1.93 bits per heavy atom. The maximum absolute atomic E-state index is 11.7. The number of Topliss-reactive ketones (excluding diaryl/α,β-unsaturated/α-hetero) is 1. The molecule has 80 valence electrons. The second-order valence-corrected chi connectivity index (χ2v) is 4.46. The van der Waals surface area contributed by atoms with Gasteiger partial charge in [0.2, 0.25) is 0 Å². The molecule has 1 saturated carbocycles. The van der Waals surface area contributed by atoms with Crippen molar-refractivity contribution in [1.82, 2.24) is 0 Å². The van der Waals surface area contributed by atoms with Crippen LogP contribution in [-0.4, -0.2) is 17.5 Å². The van der Waals surface area contributed by atoms with Gasteiger partial charge in [-0.25, -0.2) is 0 Å². The lowest BCUT2D eigenvalue weighted by molar-refractivity contribution is -0.130. The molecular formula is C12H13ClO2. The molecule has 1 aromatic rings. The Balaban J connectivity index is 2.34. The van der Waals surface area contributed by atoms with Crippen molar-refractivity contribution in [3.63, 3.8) is 0 Å². The van der Waals surface area contributed by atoms with E-state index in [9.17, 15) is 4.79 Å². The maximum Gasteiger partial charge on any atom is 0.168 e. The summed E-state index contributed by atoms with van der Waals surface area (Å²) in [4.78, 5) is 11.7. The van der Waals surface area contributed by atoms with Crippen molar-refractivity contribution in [2.75, 3.05) is 6.61 Å². The summed E-state index contributed by atoms with van der Waals surface area (Å²) in [5.41, 5.74) is 0.552. The van der Waals surface area contributed by atoms with Crippen molar-refractivity contribution < 1.29 is 9.90 Å². The Kier molecular flexibility index (Phi) is 2.81. The molecule has 0 atom stereocenters. The van der Waals surface area contributed by atoms with Crippen LogP contribution in [0, 0.1) is 0 Å². The van der Waals surface area contributed by atoms with Gasteiger partial charge in [-0.15, -0.1) is 0 Å². The Hall–Kier alpha value is -0.860. The largest absolute Gasteiger partial charge is 0.389 e. The van der Waals surface area contributed by atoms with Gasteiger partial charge in [-0.3, -0.25) is 4.79 Å². The van der Waals surface area contributed by atoms with Gasteiger partial charge in [0.25, 0.3) is 0 Å². The van der Waals surface area contributed by atoms with Crippen LogP contribution >= 0.6 is 11.6 Å². The van der Waals surface area contributed by atoms with Crippen molar-refractivity contribution in [3.05, 3.63) is 34.9 Å². The van der Waals surface area contributed by atoms with Crippen molar-refractivity contribution in [2.45, 2.75) is 24.7 Å². The molecule has 0 aliphatic heterocycles. The monoisotopic (exact) mass is 224 g/mol. The molecule has 0 spiro atoms. The van der Waals surface area contributed by atoms with E-state index in [1.165, 1.54) is 0 Å². The molecule has 0 aromatic heterocycles. The Bertz CT molecular complexity index is 366. The van der Waals surface area contributed by atoms with Gasteiger partial charge in [0.15, 0.2) is 5.78 Å². The van der Waals surface area contributed by atoms with Crippen molar-refractivity contribution >= 4 is 17.4 Å². The van der Waals surface area contributed by atoms with E-state index >= 15 is 0 Å². The van der Waals surface area contributed by atoms with E-state index in [2.05, 4.69) is 0 Å². The number of aliphatic hydroxyl groups is 1. The van der Waals surface area contributed by atoms with E-state index in [0.29, 0.717) is 5.02 Å². The molecule has 2 nitrogen and oxygen atoms in total. The third-order valence-electron chi connectivity index (χ3n) is 3.28. The van der Waals surface area contributed by atoms with E-state index < -0.39 is 5.41 Å². The predicted octanol–water partition coefficient (Wildman–Crippen LogP) is 2.32. The average Bonchev–Trinajstić information content (AvgIpc) is 2.19. The second-order valence-electron chi connectivity index (χ2n) is 4.02. The number of carbonyl (C=O) groups excluding carboxylic acids is 1. The third-order valence-corrected chi connectivity index (χ3v) is 3.53. The molecule has 15 heavy (non-hydrogen) atoms. The highest BCUT2D eigenvalue weighted by molar-refractivity contribution is 6.30. The molecule has 0 bridgehead atoms. The molecule has 1 aromatic carbocycles. The number of benzene rings is 1. The fourth-order valence-corrected chi connectivity index (χ4v) is 2.31. The van der Waals surface area contributed by atoms with Gasteiger partial charge < -0.3 is 5.11 Å². The Morgan fingerprint density at radius 1 is 1.33 bits per heavy atom. The van der Waals surface area contributed by atoms with Crippen LogP contribution in [0.3, 0.4) is 0 Å². The number of rotatable bonds is 3. The van der Waals surface area contributed by atoms with E-state index in [1.807, 2.05) is 12.1 Å². The maximum atomic E-state index is 11.7. The van der Waals surface area contributed by atoms with E-state index in [1.54, 1.807) is 12.1 Å². The number of ketones is 1. The van der Waals surface area contributed by atoms with E-state index in [0.717, 1.165) is 24.8 Å². The third kappa shape index (κ3) is 1.68. The number of halogens is 1. The summed E-state index contributed by atoms with van der Waals surface area (Å²) in [6.07, 6.45) is 2.73. The van der Waals surface area contributed by atoms with Gasteiger partial charge in [-0.05, 0) is 30.5 Å². The minimum Gasteiger partial charge on any atom is -0.389 e. The van der Waals surface area contributed by atoms with Crippen molar-refractivity contribution in [3.8, 4) is 0 Å². The summed E-state index contributed by atoms with van der Waals surface area (Å²) in [7, 11) is 0. The molecular weight excluding hydrogens is 212 g/mol. The smallest absolute Gasteiger partial charge is 0.168 e. The minimum absolute atomic E-state index is 0.0731. The molecule has 1 fully saturated rings. The molecule has 0 radical (unpaired) electrons. The zero-order valence-electron chi connectivity index (χ0n) is 8.37. The zero-order valence-corrected chi connectivity index (χ0v) is 9.13. The van der Waals surface area contributed by atoms with Gasteiger partial charge >= 0.3 is 0 Å². The highest BCUT2D eigenvalue weighted by Crippen LogP contribution is 2.44. The summed E-state index contributed by atoms with van der Waals surface area (Å²) in [5, 5.41) is 9.65. The number of hydrogen-bond acceptors (Lipinski definition) is 2. The molecule has 0 heterocycles. The first-order valence-electron chi connectivity index (χ1n) is 5.09. The first kappa shape index (κ1) is 10.7. The Morgan fingerprint density at radius 3 is 2.33 bits per heavy atom. The molecule has 0 amide bonds. The van der Waals surface area contributed by atoms with Crippen LogP contribution in [0.15, 0.2) is 24.3 Å². The second kappa shape index (κ2) is 3.95. The summed E-state index contributed by atoms with van der Waals surface area (Å²) in [5.74, 6) is -0.0731. The Labute approximate surface area is 93.9 Å². The van der Waals surface area contributed by atoms with Gasteiger partial charge in [0, 0.05) is 5.02 Å². The van der Waals surface area contributed by atoms with Crippen molar-refractivity contribution in [2.24, 2.45) is 0 Å².